The Morgan fingerprint density at radius 1 is 1.11 bits per heavy atom. The van der Waals surface area contributed by atoms with Gasteiger partial charge >= 0.3 is 0 Å². The number of benzene rings is 2. The van der Waals surface area contributed by atoms with Crippen LogP contribution in [0.3, 0.4) is 0 Å². The summed E-state index contributed by atoms with van der Waals surface area (Å²) >= 11 is 1.12. The van der Waals surface area contributed by atoms with Crippen LogP contribution in [-0.2, 0) is 17.8 Å². The van der Waals surface area contributed by atoms with Crippen LogP contribution in [0.15, 0.2) is 59.5 Å². The fraction of sp³-hybridized carbons (Fsp3) is 0.231. The summed E-state index contributed by atoms with van der Waals surface area (Å²) in [5.74, 6) is -1.84. The first-order valence-electron chi connectivity index (χ1n) is 11.6. The van der Waals surface area contributed by atoms with E-state index in [9.17, 15) is 18.4 Å². The second-order valence-corrected chi connectivity index (χ2v) is 9.89. The van der Waals surface area contributed by atoms with Gasteiger partial charge in [0.1, 0.15) is 23.2 Å². The highest BCUT2D eigenvalue weighted by Gasteiger charge is 2.40. The summed E-state index contributed by atoms with van der Waals surface area (Å²) in [4.78, 5) is 26.7. The number of aromatic nitrogens is 3. The minimum Gasteiger partial charge on any atom is -0.483 e. The number of rotatable bonds is 6. The number of nitrogens with zero attached hydrogens (tertiary/aromatic N) is 3. The molecule has 6 rings (SSSR count). The SMILES string of the molecule is O=C1N[C@@H]2COC[C@@H]2n2cc(-c3nnc(Cc4ccc(F)cc4F)s3)c(=O)c(OCc3ccccc3)c21. The molecule has 11 heteroatoms. The molecule has 2 aromatic heterocycles. The van der Waals surface area contributed by atoms with Crippen molar-refractivity contribution in [3.63, 3.8) is 0 Å². The molecular weight excluding hydrogens is 502 g/mol. The van der Waals surface area contributed by atoms with Gasteiger partial charge in [-0.25, -0.2) is 8.78 Å². The quantitative estimate of drug-likeness (QED) is 0.417. The topological polar surface area (TPSA) is 95.3 Å². The Morgan fingerprint density at radius 3 is 2.76 bits per heavy atom. The number of pyridine rings is 1. The highest BCUT2D eigenvalue weighted by molar-refractivity contribution is 7.14. The van der Waals surface area contributed by atoms with Crippen molar-refractivity contribution in [1.29, 1.82) is 0 Å². The van der Waals surface area contributed by atoms with E-state index in [4.69, 9.17) is 9.47 Å². The van der Waals surface area contributed by atoms with E-state index < -0.39 is 23.0 Å². The number of hydrogen-bond acceptors (Lipinski definition) is 7. The van der Waals surface area contributed by atoms with E-state index in [-0.39, 0.29) is 47.7 Å². The molecule has 1 saturated heterocycles. The van der Waals surface area contributed by atoms with Crippen LogP contribution in [0, 0.1) is 11.6 Å². The summed E-state index contributed by atoms with van der Waals surface area (Å²) in [6.45, 7) is 0.822. The van der Waals surface area contributed by atoms with Gasteiger partial charge in [0, 0.05) is 18.7 Å². The van der Waals surface area contributed by atoms with Crippen LogP contribution in [0.25, 0.3) is 10.6 Å². The van der Waals surface area contributed by atoms with Gasteiger partial charge < -0.3 is 19.4 Å². The van der Waals surface area contributed by atoms with Gasteiger partial charge in [0.15, 0.2) is 16.5 Å². The zero-order valence-electron chi connectivity index (χ0n) is 19.3. The summed E-state index contributed by atoms with van der Waals surface area (Å²) in [5.41, 5.74) is 0.958. The number of ether oxygens (including phenoxy) is 2. The van der Waals surface area contributed by atoms with E-state index in [2.05, 4.69) is 15.5 Å². The number of halogens is 2. The highest BCUT2D eigenvalue weighted by Crippen LogP contribution is 2.33. The van der Waals surface area contributed by atoms with Crippen molar-refractivity contribution in [2.75, 3.05) is 13.2 Å². The molecule has 0 radical (unpaired) electrons. The van der Waals surface area contributed by atoms with Crippen molar-refractivity contribution < 1.29 is 23.0 Å². The Bertz CT molecular complexity index is 1560. The van der Waals surface area contributed by atoms with Gasteiger partial charge in [-0.1, -0.05) is 47.7 Å². The molecule has 8 nitrogen and oxygen atoms in total. The fourth-order valence-corrected chi connectivity index (χ4v) is 5.43. The van der Waals surface area contributed by atoms with Crippen LogP contribution in [-0.4, -0.2) is 39.9 Å². The third-order valence-electron chi connectivity index (χ3n) is 6.41. The molecule has 2 atom stereocenters. The van der Waals surface area contributed by atoms with Gasteiger partial charge in [-0.3, -0.25) is 9.59 Å². The Labute approximate surface area is 213 Å². The molecule has 0 saturated carbocycles. The lowest BCUT2D eigenvalue weighted by atomic mass is 10.0. The molecule has 1 amide bonds. The number of amides is 1. The van der Waals surface area contributed by atoms with E-state index in [0.29, 0.717) is 23.2 Å². The van der Waals surface area contributed by atoms with E-state index >= 15 is 0 Å². The Kier molecular flexibility index (Phi) is 6.01. The van der Waals surface area contributed by atoms with Crippen LogP contribution in [0.4, 0.5) is 8.78 Å². The predicted octanol–water partition coefficient (Wildman–Crippen LogP) is 3.50. The van der Waals surface area contributed by atoms with E-state index in [1.807, 2.05) is 30.3 Å². The zero-order valence-corrected chi connectivity index (χ0v) is 20.1. The van der Waals surface area contributed by atoms with Crippen molar-refractivity contribution in [1.82, 2.24) is 20.1 Å². The summed E-state index contributed by atoms with van der Waals surface area (Å²) in [7, 11) is 0. The highest BCUT2D eigenvalue weighted by atomic mass is 32.1. The van der Waals surface area contributed by atoms with Crippen molar-refractivity contribution in [3.05, 3.63) is 98.4 Å². The van der Waals surface area contributed by atoms with E-state index in [1.54, 1.807) is 10.8 Å². The monoisotopic (exact) mass is 522 g/mol. The fourth-order valence-electron chi connectivity index (χ4n) is 4.56. The molecular formula is C26H20F2N4O4S. The molecule has 0 unspecified atom stereocenters. The molecule has 0 spiro atoms. The molecule has 0 aliphatic carbocycles. The predicted molar refractivity (Wildman–Crippen MR) is 131 cm³/mol. The first kappa shape index (κ1) is 23.4. The Morgan fingerprint density at radius 2 is 1.95 bits per heavy atom. The third kappa shape index (κ3) is 4.40. The lowest BCUT2D eigenvalue weighted by Crippen LogP contribution is -2.48. The first-order chi connectivity index (χ1) is 18.0. The number of nitrogens with one attached hydrogen (secondary N) is 1. The van der Waals surface area contributed by atoms with Gasteiger partial charge in [-0.2, -0.15) is 0 Å². The lowest BCUT2D eigenvalue weighted by Gasteiger charge is -2.31. The maximum absolute atomic E-state index is 14.2. The van der Waals surface area contributed by atoms with Crippen molar-refractivity contribution in [2.24, 2.45) is 0 Å². The molecule has 4 aromatic rings. The van der Waals surface area contributed by atoms with Gasteiger partial charge in [-0.15, -0.1) is 10.2 Å². The number of hydrogen-bond donors (Lipinski definition) is 1. The molecule has 4 heterocycles. The maximum Gasteiger partial charge on any atom is 0.272 e. The van der Waals surface area contributed by atoms with Crippen molar-refractivity contribution in [2.45, 2.75) is 25.1 Å². The minimum absolute atomic E-state index is 0.0782. The average Bonchev–Trinajstić information content (AvgIpc) is 3.55. The molecule has 2 aliphatic rings. The summed E-state index contributed by atoms with van der Waals surface area (Å²) in [6.07, 6.45) is 1.69. The van der Waals surface area contributed by atoms with Crippen LogP contribution >= 0.6 is 11.3 Å². The zero-order chi connectivity index (χ0) is 25.5. The average molecular weight is 523 g/mol. The van der Waals surface area contributed by atoms with Gasteiger partial charge in [0.05, 0.1) is 30.9 Å². The Hall–Kier alpha value is -3.96. The lowest BCUT2D eigenvalue weighted by molar-refractivity contribution is 0.0883. The number of carbonyl (C=O) groups excluding carboxylic acids is 1. The molecule has 1 N–H and O–H groups in total. The molecule has 0 bridgehead atoms. The number of fused-ring (bicyclic) bond motifs is 3. The van der Waals surface area contributed by atoms with Crippen molar-refractivity contribution >= 4 is 17.2 Å². The first-order valence-corrected chi connectivity index (χ1v) is 12.4. The standard InChI is InChI=1S/C26H20F2N4O4S/c27-16-7-6-15(18(28)9-16)8-21-30-31-26(37-21)17-10-32-20-13-35-12-19(20)29-25(34)22(32)24(23(17)33)36-11-14-4-2-1-3-5-14/h1-7,9-10,19-20H,8,11-13H2,(H,29,34)/t19-,20+/m1/s1. The summed E-state index contributed by atoms with van der Waals surface area (Å²) in [6, 6.07) is 12.2. The second-order valence-electron chi connectivity index (χ2n) is 8.83. The molecule has 37 heavy (non-hydrogen) atoms. The summed E-state index contributed by atoms with van der Waals surface area (Å²) < 4.78 is 40.7. The molecule has 188 valence electrons. The second kappa shape index (κ2) is 9.49. The van der Waals surface area contributed by atoms with Crippen LogP contribution in [0.1, 0.15) is 32.7 Å². The maximum atomic E-state index is 14.2. The van der Waals surface area contributed by atoms with Crippen LogP contribution < -0.4 is 15.5 Å². The summed E-state index contributed by atoms with van der Waals surface area (Å²) in [5, 5.41) is 12.0. The molecule has 2 aromatic carbocycles. The van der Waals surface area contributed by atoms with E-state index in [0.717, 1.165) is 23.0 Å². The van der Waals surface area contributed by atoms with Gasteiger partial charge in [0.25, 0.3) is 5.91 Å². The third-order valence-corrected chi connectivity index (χ3v) is 7.37. The molecule has 2 aliphatic heterocycles. The van der Waals surface area contributed by atoms with Crippen molar-refractivity contribution in [3.8, 4) is 16.3 Å². The largest absolute Gasteiger partial charge is 0.483 e. The van der Waals surface area contributed by atoms with E-state index in [1.165, 1.54) is 12.1 Å². The minimum atomic E-state index is -0.680. The van der Waals surface area contributed by atoms with Gasteiger partial charge in [-0.05, 0) is 17.2 Å². The molecule has 1 fully saturated rings. The smallest absolute Gasteiger partial charge is 0.272 e. The van der Waals surface area contributed by atoms with Crippen LogP contribution in [0.2, 0.25) is 0 Å². The Balaban J connectivity index is 1.41. The van der Waals surface area contributed by atoms with Gasteiger partial charge in [0.2, 0.25) is 5.43 Å². The normalized spacial score (nSPS) is 18.3. The number of carbonyl (C=O) groups is 1. The van der Waals surface area contributed by atoms with Crippen LogP contribution in [0.5, 0.6) is 5.75 Å².